The predicted molar refractivity (Wildman–Crippen MR) is 133 cm³/mol. The summed E-state index contributed by atoms with van der Waals surface area (Å²) in [5.74, 6) is 2.08. The van der Waals surface area contributed by atoms with Gasteiger partial charge in [-0.25, -0.2) is 0 Å². The predicted octanol–water partition coefficient (Wildman–Crippen LogP) is 6.24. The highest BCUT2D eigenvalue weighted by Crippen LogP contribution is 2.47. The van der Waals surface area contributed by atoms with E-state index in [4.69, 9.17) is 37.2 Å². The summed E-state index contributed by atoms with van der Waals surface area (Å²) in [6.45, 7) is 0.940. The zero-order valence-corrected chi connectivity index (χ0v) is 20.9. The van der Waals surface area contributed by atoms with Crippen molar-refractivity contribution in [2.24, 2.45) is 5.92 Å². The van der Waals surface area contributed by atoms with Crippen molar-refractivity contribution in [2.45, 2.75) is 56.9 Å². The van der Waals surface area contributed by atoms with E-state index in [2.05, 4.69) is 5.16 Å². The summed E-state index contributed by atoms with van der Waals surface area (Å²) in [7, 11) is 1.65. The number of likely N-dealkylation sites (tertiary alicyclic amines) is 1. The Labute approximate surface area is 214 Å². The first-order chi connectivity index (χ1) is 17.0. The lowest BCUT2D eigenvalue weighted by Gasteiger charge is -2.31. The molecule has 0 radical (unpaired) electrons. The summed E-state index contributed by atoms with van der Waals surface area (Å²) < 4.78 is 17.4. The number of fused-ring (bicyclic) bond motifs is 2. The molecular formula is C27H26Cl2N2O4. The number of methoxy groups -OCH3 is 1. The number of benzene rings is 2. The number of nitrogens with zero attached hydrogens (tertiary/aromatic N) is 2. The van der Waals surface area contributed by atoms with Gasteiger partial charge in [-0.05, 0) is 55.5 Å². The minimum atomic E-state index is -0.116. The standard InChI is InChI=1S/C27H26Cl2N2O4/c1-33-18-9-5-15(6-10-18)13-31-17-11-19(27(31)32)23(12-17)34-14-20-25(30-35-26(20)16-7-8-16)24-21(28)3-2-4-22(24)29/h2-6,9-10,16-17,19,23H,7-8,11-14H2,1H3/t17-,19+,23-/m0/s1. The molecule has 0 spiro atoms. The van der Waals surface area contributed by atoms with Crippen molar-refractivity contribution in [3.63, 3.8) is 0 Å². The third kappa shape index (κ3) is 4.22. The van der Waals surface area contributed by atoms with Crippen LogP contribution in [-0.2, 0) is 22.7 Å². The fourth-order valence-electron chi connectivity index (χ4n) is 5.44. The molecule has 0 N–H and O–H groups in total. The largest absolute Gasteiger partial charge is 0.497 e. The molecule has 3 atom stereocenters. The Hall–Kier alpha value is -2.54. The first-order valence-electron chi connectivity index (χ1n) is 12.0. The van der Waals surface area contributed by atoms with Crippen LogP contribution in [0.3, 0.4) is 0 Å². The molecule has 0 unspecified atom stereocenters. The van der Waals surface area contributed by atoms with Crippen LogP contribution < -0.4 is 4.74 Å². The Morgan fingerprint density at radius 2 is 1.83 bits per heavy atom. The molecule has 2 saturated carbocycles. The van der Waals surface area contributed by atoms with Gasteiger partial charge in [0.15, 0.2) is 0 Å². The summed E-state index contributed by atoms with van der Waals surface area (Å²) in [5.41, 5.74) is 3.30. The first-order valence-corrected chi connectivity index (χ1v) is 12.8. The van der Waals surface area contributed by atoms with Gasteiger partial charge in [0.1, 0.15) is 17.2 Å². The molecule has 3 aliphatic rings. The number of aromatic nitrogens is 1. The molecule has 1 saturated heterocycles. The van der Waals surface area contributed by atoms with Crippen LogP contribution in [0.1, 0.15) is 48.5 Å². The Morgan fingerprint density at radius 3 is 2.49 bits per heavy atom. The van der Waals surface area contributed by atoms with Gasteiger partial charge in [-0.3, -0.25) is 4.79 Å². The van der Waals surface area contributed by atoms with Crippen LogP contribution >= 0.6 is 23.2 Å². The molecule has 1 aromatic heterocycles. The SMILES string of the molecule is COc1ccc(CN2C(=O)[C@@H]3C[C@H]2C[C@@H]3OCc2c(-c3c(Cl)cccc3Cl)noc2C2CC2)cc1. The molecule has 2 aromatic carbocycles. The molecule has 182 valence electrons. The second-order valence-electron chi connectivity index (χ2n) is 9.64. The molecule has 2 heterocycles. The van der Waals surface area contributed by atoms with Crippen molar-refractivity contribution in [1.82, 2.24) is 10.1 Å². The maximum Gasteiger partial charge on any atom is 0.228 e. The van der Waals surface area contributed by atoms with Crippen LogP contribution in [0.5, 0.6) is 5.75 Å². The van der Waals surface area contributed by atoms with E-state index in [1.807, 2.05) is 35.2 Å². The average molecular weight is 513 g/mol. The van der Waals surface area contributed by atoms with Crippen molar-refractivity contribution in [1.29, 1.82) is 0 Å². The van der Waals surface area contributed by atoms with Gasteiger partial charge in [0, 0.05) is 29.6 Å². The molecule has 3 aromatic rings. The molecule has 1 amide bonds. The smallest absolute Gasteiger partial charge is 0.228 e. The lowest BCUT2D eigenvalue weighted by Crippen LogP contribution is -2.42. The number of halogens is 2. The van der Waals surface area contributed by atoms with E-state index in [1.165, 1.54) is 0 Å². The fourth-order valence-corrected chi connectivity index (χ4v) is 6.01. The van der Waals surface area contributed by atoms with Crippen LogP contribution in [0.4, 0.5) is 0 Å². The monoisotopic (exact) mass is 512 g/mol. The fraction of sp³-hybridized carbons (Fsp3) is 0.407. The number of hydrogen-bond acceptors (Lipinski definition) is 5. The minimum absolute atomic E-state index is 0.115. The number of rotatable bonds is 8. The third-order valence-electron chi connectivity index (χ3n) is 7.44. The highest BCUT2D eigenvalue weighted by molar-refractivity contribution is 6.39. The Kier molecular flexibility index (Phi) is 5.99. The minimum Gasteiger partial charge on any atom is -0.497 e. The maximum absolute atomic E-state index is 13.2. The van der Waals surface area contributed by atoms with Crippen LogP contribution in [-0.4, -0.2) is 35.2 Å². The van der Waals surface area contributed by atoms with Crippen molar-refractivity contribution >= 4 is 29.1 Å². The Balaban J connectivity index is 1.17. The van der Waals surface area contributed by atoms with Crippen molar-refractivity contribution in [2.75, 3.05) is 7.11 Å². The second-order valence-corrected chi connectivity index (χ2v) is 10.5. The molecule has 1 aliphatic heterocycles. The van der Waals surface area contributed by atoms with Crippen molar-refractivity contribution in [3.05, 3.63) is 69.4 Å². The van der Waals surface area contributed by atoms with Gasteiger partial charge in [0.25, 0.3) is 0 Å². The molecule has 8 heteroatoms. The topological polar surface area (TPSA) is 64.8 Å². The van der Waals surface area contributed by atoms with Gasteiger partial charge < -0.3 is 18.9 Å². The molecular weight excluding hydrogens is 487 g/mol. The number of carbonyl (C=O) groups is 1. The number of ether oxygens (including phenoxy) is 2. The summed E-state index contributed by atoms with van der Waals surface area (Å²) in [6, 6.07) is 13.5. The van der Waals surface area contributed by atoms with Crippen molar-refractivity contribution in [3.8, 4) is 17.0 Å². The molecule has 3 fully saturated rings. The normalized spacial score (nSPS) is 23.3. The molecule has 2 bridgehead atoms. The van der Waals surface area contributed by atoms with E-state index in [9.17, 15) is 4.79 Å². The lowest BCUT2D eigenvalue weighted by atomic mass is 10.0. The second kappa shape index (κ2) is 9.16. The van der Waals surface area contributed by atoms with E-state index in [-0.39, 0.29) is 24.0 Å². The molecule has 35 heavy (non-hydrogen) atoms. The quantitative estimate of drug-likeness (QED) is 0.357. The van der Waals surface area contributed by atoms with Crippen LogP contribution in [0.2, 0.25) is 10.0 Å². The van der Waals surface area contributed by atoms with Gasteiger partial charge in [-0.15, -0.1) is 0 Å². The molecule has 6 nitrogen and oxygen atoms in total. The van der Waals surface area contributed by atoms with Crippen LogP contribution in [0.25, 0.3) is 11.3 Å². The highest BCUT2D eigenvalue weighted by Gasteiger charge is 2.51. The Bertz CT molecular complexity index is 1230. The van der Waals surface area contributed by atoms with E-state index in [0.717, 1.165) is 48.3 Å². The number of piperidine rings is 1. The third-order valence-corrected chi connectivity index (χ3v) is 8.07. The van der Waals surface area contributed by atoms with Gasteiger partial charge in [-0.1, -0.05) is 46.6 Å². The van der Waals surface area contributed by atoms with E-state index in [1.54, 1.807) is 19.2 Å². The molecule has 6 rings (SSSR count). The van der Waals surface area contributed by atoms with Crippen LogP contribution in [0, 0.1) is 5.92 Å². The van der Waals surface area contributed by atoms with Gasteiger partial charge in [0.2, 0.25) is 5.91 Å². The summed E-state index contributed by atoms with van der Waals surface area (Å²) in [6.07, 6.45) is 3.70. The van der Waals surface area contributed by atoms with Gasteiger partial charge >= 0.3 is 0 Å². The zero-order valence-electron chi connectivity index (χ0n) is 19.4. The van der Waals surface area contributed by atoms with E-state index >= 15 is 0 Å². The van der Waals surface area contributed by atoms with Crippen LogP contribution in [0.15, 0.2) is 47.0 Å². The zero-order chi connectivity index (χ0) is 24.1. The number of hydrogen-bond donors (Lipinski definition) is 0. The Morgan fingerprint density at radius 1 is 1.09 bits per heavy atom. The summed E-state index contributed by atoms with van der Waals surface area (Å²) in [5, 5.41) is 5.39. The highest BCUT2D eigenvalue weighted by atomic mass is 35.5. The van der Waals surface area contributed by atoms with E-state index < -0.39 is 0 Å². The first kappa shape index (κ1) is 22.9. The number of amides is 1. The van der Waals surface area contributed by atoms with Gasteiger partial charge in [-0.2, -0.15) is 0 Å². The van der Waals surface area contributed by atoms with Gasteiger partial charge in [0.05, 0.1) is 35.8 Å². The summed E-state index contributed by atoms with van der Waals surface area (Å²) >= 11 is 12.9. The van der Waals surface area contributed by atoms with E-state index in [0.29, 0.717) is 40.4 Å². The lowest BCUT2D eigenvalue weighted by molar-refractivity contribution is -0.141. The van der Waals surface area contributed by atoms with Crippen molar-refractivity contribution < 1.29 is 18.8 Å². The maximum atomic E-state index is 13.2. The molecule has 2 aliphatic carbocycles. The summed E-state index contributed by atoms with van der Waals surface area (Å²) in [4.78, 5) is 15.2. The number of carbonyl (C=O) groups excluding carboxylic acids is 1. The average Bonchev–Trinajstić information content (AvgIpc) is 3.38.